The molecule has 22 heteroatoms. The highest BCUT2D eigenvalue weighted by molar-refractivity contribution is 7.85. The first-order chi connectivity index (χ1) is 31.4. The molecule has 0 spiro atoms. The number of fused-ring (bicyclic) bond motifs is 2. The monoisotopic (exact) mass is 1010 g/mol. The van der Waals surface area contributed by atoms with Crippen molar-refractivity contribution in [1.29, 1.82) is 0 Å². The van der Waals surface area contributed by atoms with E-state index in [-0.39, 0.29) is 41.9 Å². The third-order valence-electron chi connectivity index (χ3n) is 14.3. The van der Waals surface area contributed by atoms with Crippen molar-refractivity contribution in [1.82, 2.24) is 30.2 Å². The molecule has 0 radical (unpaired) electrons. The van der Waals surface area contributed by atoms with E-state index in [4.69, 9.17) is 27.9 Å². The van der Waals surface area contributed by atoms with Crippen LogP contribution in [0, 0.1) is 17.3 Å². The van der Waals surface area contributed by atoms with Crippen molar-refractivity contribution in [2.24, 2.45) is 17.3 Å². The molecule has 6 aliphatic rings. The molecule has 0 aromatic heterocycles. The molecule has 374 valence electrons. The maximum Gasteiger partial charge on any atom is 0.403 e. The van der Waals surface area contributed by atoms with Gasteiger partial charge in [0.15, 0.2) is 5.41 Å². The molecule has 7 rings (SSSR count). The van der Waals surface area contributed by atoms with Gasteiger partial charge in [-0.05, 0) is 80.5 Å². The van der Waals surface area contributed by atoms with Gasteiger partial charge in [0.05, 0.1) is 18.6 Å². The van der Waals surface area contributed by atoms with E-state index < -0.39 is 121 Å². The van der Waals surface area contributed by atoms with Crippen LogP contribution in [0.5, 0.6) is 0 Å². The molecule has 4 aliphatic heterocycles. The van der Waals surface area contributed by atoms with Crippen molar-refractivity contribution in [2.45, 2.75) is 158 Å². The Labute approximate surface area is 399 Å². The van der Waals surface area contributed by atoms with Crippen LogP contribution in [0.15, 0.2) is 18.2 Å². The predicted molar refractivity (Wildman–Crippen MR) is 237 cm³/mol. The van der Waals surface area contributed by atoms with Crippen molar-refractivity contribution < 1.29 is 59.3 Å². The number of alkyl halides is 6. The van der Waals surface area contributed by atoms with E-state index in [1.807, 2.05) is 13.8 Å². The first-order valence-corrected chi connectivity index (χ1v) is 25.4. The highest BCUT2D eigenvalue weighted by atomic mass is 35.5. The number of halogens is 8. The van der Waals surface area contributed by atoms with Gasteiger partial charge < -0.3 is 29.7 Å². The minimum absolute atomic E-state index is 0.00556. The Morgan fingerprint density at radius 3 is 2.39 bits per heavy atom. The van der Waals surface area contributed by atoms with Gasteiger partial charge in [-0.3, -0.25) is 33.5 Å². The Morgan fingerprint density at radius 2 is 1.75 bits per heavy atom. The van der Waals surface area contributed by atoms with Crippen LogP contribution in [0.4, 0.5) is 26.3 Å². The summed E-state index contributed by atoms with van der Waals surface area (Å²) in [6.45, 7) is 3.43. The molecule has 10 atom stereocenters. The third kappa shape index (κ3) is 11.4. The number of rotatable bonds is 10. The van der Waals surface area contributed by atoms with E-state index >= 15 is 0 Å². The van der Waals surface area contributed by atoms with Crippen LogP contribution in [-0.4, -0.2) is 159 Å². The largest absolute Gasteiger partial charge is 0.403 e. The number of nitrogens with one attached hydrogen (secondary N) is 2. The zero-order valence-corrected chi connectivity index (χ0v) is 40.3. The number of benzene rings is 1. The molecular weight excluding hydrogens is 953 g/mol. The zero-order chi connectivity index (χ0) is 48.9. The number of nitrogens with zero attached hydrogens (tertiary/aromatic N) is 4. The predicted octanol–water partition coefficient (Wildman–Crippen LogP) is 5.65. The van der Waals surface area contributed by atoms with Gasteiger partial charge in [-0.25, -0.2) is 13.2 Å². The molecule has 6 fully saturated rings. The molecule has 5 amide bonds. The number of epoxide rings is 1. The Morgan fingerprint density at radius 1 is 1.04 bits per heavy atom. The maximum atomic E-state index is 14.9. The minimum atomic E-state index is -5.38. The van der Waals surface area contributed by atoms with Gasteiger partial charge >= 0.3 is 6.18 Å². The normalized spacial score (nSPS) is 32.0. The number of hydrogen-bond acceptors (Lipinski definition) is 8. The van der Waals surface area contributed by atoms with Gasteiger partial charge in [-0.1, -0.05) is 43.5 Å². The van der Waals surface area contributed by atoms with Crippen molar-refractivity contribution in [3.8, 4) is 0 Å². The van der Waals surface area contributed by atoms with E-state index in [0.717, 1.165) is 0 Å². The van der Waals surface area contributed by atoms with E-state index in [9.17, 15) is 54.5 Å². The summed E-state index contributed by atoms with van der Waals surface area (Å²) in [5.74, 6) is -7.70. The fraction of sp³-hybridized carbons (Fsp3) is 0.756. The molecule has 4 unspecified atom stereocenters. The second-order valence-corrected chi connectivity index (χ2v) is 22.3. The molecule has 0 bridgehead atoms. The second-order valence-electron chi connectivity index (χ2n) is 19.8. The van der Waals surface area contributed by atoms with Crippen LogP contribution in [0.2, 0.25) is 10.0 Å². The molecular formula is C45H60Cl2F6N6O7S. The van der Waals surface area contributed by atoms with Crippen molar-refractivity contribution in [3.63, 3.8) is 0 Å². The minimum Gasteiger partial charge on any atom is -0.351 e. The van der Waals surface area contributed by atoms with Crippen LogP contribution >= 0.6 is 23.2 Å². The standard InChI is InChI=1S/C45H60Cl2F6N6O7S/c1-24(2)16-31-39(61)57(4)34(18-26-17-27(46)12-13-30(26)47)40(62)58-14-7-8-29(58)21-67(65)15-6-5-9-32(36-38(54-31)66-36)56(3)41(63)35(25-10-11-25)55-37(60)33-19-28(48)20-59(33)42(64)43(45(51,52)53)22-44(49,50)23-43/h12-13,17,24-25,28-29,31-36,38,54H,5-11,14-16,18-23H2,1-4H3,(H,55,60)/t28-,29+,31-,32-,33?,34-,35-,36?,38?,67?/m0/s1. The van der Waals surface area contributed by atoms with Crippen molar-refractivity contribution >= 4 is 63.5 Å². The quantitative estimate of drug-likeness (QED) is 0.226. The lowest BCUT2D eigenvalue weighted by atomic mass is 9.64. The fourth-order valence-corrected chi connectivity index (χ4v) is 12.3. The number of likely N-dealkylation sites (N-methyl/N-ethyl adjacent to an activating group) is 2. The second kappa shape index (κ2) is 20.3. The lowest BCUT2D eigenvalue weighted by Crippen LogP contribution is -2.65. The number of carbonyl (C=O) groups is 5. The molecule has 1 aromatic carbocycles. The number of ether oxygens (including phenoxy) is 1. The smallest absolute Gasteiger partial charge is 0.351 e. The summed E-state index contributed by atoms with van der Waals surface area (Å²) in [5.41, 5.74) is -2.89. The summed E-state index contributed by atoms with van der Waals surface area (Å²) in [4.78, 5) is 76.0. The summed E-state index contributed by atoms with van der Waals surface area (Å²) >= 11 is 13.0. The van der Waals surface area contributed by atoms with Crippen molar-refractivity contribution in [3.05, 3.63) is 33.8 Å². The van der Waals surface area contributed by atoms with Gasteiger partial charge in [-0.15, -0.1) is 0 Å². The highest BCUT2D eigenvalue weighted by Gasteiger charge is 2.75. The Bertz CT molecular complexity index is 2080. The summed E-state index contributed by atoms with van der Waals surface area (Å²) in [6, 6.07) is -0.888. The van der Waals surface area contributed by atoms with Gasteiger partial charge in [0.2, 0.25) is 29.5 Å². The van der Waals surface area contributed by atoms with Crippen LogP contribution < -0.4 is 10.6 Å². The summed E-state index contributed by atoms with van der Waals surface area (Å²) in [6.07, 6.45) is -8.88. The zero-order valence-electron chi connectivity index (χ0n) is 38.0. The van der Waals surface area contributed by atoms with E-state index in [0.29, 0.717) is 84.2 Å². The van der Waals surface area contributed by atoms with E-state index in [1.54, 1.807) is 30.1 Å². The molecule has 2 saturated carbocycles. The van der Waals surface area contributed by atoms with Crippen LogP contribution in [0.25, 0.3) is 0 Å². The van der Waals surface area contributed by atoms with Crippen molar-refractivity contribution in [2.75, 3.05) is 38.7 Å². The molecule has 2 N–H and O–H groups in total. The van der Waals surface area contributed by atoms with Crippen LogP contribution in [0.3, 0.4) is 0 Å². The van der Waals surface area contributed by atoms with Gasteiger partial charge in [0.25, 0.3) is 5.92 Å². The molecule has 4 heterocycles. The SMILES string of the molecule is CC(C)C[C@@H]1NC2OC2[C@@H](N(C)C(=O)[C@@H](NC(=O)C2C[C@H](F)CN2C(=O)C2(C(F)(F)F)CC(F)(F)C2)C2CC2)CCCCS(=O)C[C@H]2CCCN2C(=O)[C@H](Cc2cc(Cl)ccc2Cl)N(C)C1=O. The molecule has 4 saturated heterocycles. The highest BCUT2D eigenvalue weighted by Crippen LogP contribution is 2.61. The molecule has 13 nitrogen and oxygen atoms in total. The Balaban J connectivity index is 1.11. The topological polar surface area (TPSA) is 152 Å². The van der Waals surface area contributed by atoms with Crippen LogP contribution in [0.1, 0.15) is 90.0 Å². The van der Waals surface area contributed by atoms with Crippen LogP contribution in [-0.2, 0) is 45.9 Å². The summed E-state index contributed by atoms with van der Waals surface area (Å²) in [7, 11) is 1.76. The average molecular weight is 1010 g/mol. The molecule has 67 heavy (non-hydrogen) atoms. The number of amides is 5. The molecule has 1 aromatic rings. The average Bonchev–Trinajstić information content (AvgIpc) is 4.15. The first kappa shape index (κ1) is 51.6. The summed E-state index contributed by atoms with van der Waals surface area (Å²) in [5, 5.41) is 6.73. The lowest BCUT2D eigenvalue weighted by molar-refractivity contribution is -0.299. The van der Waals surface area contributed by atoms with E-state index in [1.165, 1.54) is 16.8 Å². The maximum absolute atomic E-state index is 14.9. The Kier molecular flexibility index (Phi) is 15.6. The number of likely N-dealkylation sites (tertiary alicyclic amines) is 1. The van der Waals surface area contributed by atoms with Gasteiger partial charge in [0.1, 0.15) is 36.6 Å². The number of hydrogen-bond donors (Lipinski definition) is 2. The lowest BCUT2D eigenvalue weighted by Gasteiger charge is -2.48. The van der Waals surface area contributed by atoms with Gasteiger partial charge in [-0.2, -0.15) is 13.2 Å². The number of carbonyl (C=O) groups excluding carboxylic acids is 5. The Hall–Kier alpha value is -3.20. The molecule has 2 aliphatic carbocycles. The third-order valence-corrected chi connectivity index (χ3v) is 16.5. The fourth-order valence-electron chi connectivity index (χ4n) is 10.4. The summed E-state index contributed by atoms with van der Waals surface area (Å²) < 4.78 is 105. The first-order valence-electron chi connectivity index (χ1n) is 23.2. The van der Waals surface area contributed by atoms with Gasteiger partial charge in [0, 0.05) is 84.7 Å². The van der Waals surface area contributed by atoms with E-state index in [2.05, 4.69) is 10.6 Å².